The third-order valence-electron chi connectivity index (χ3n) is 4.57. The molecule has 4 rings (SSSR count). The lowest BCUT2D eigenvalue weighted by molar-refractivity contribution is 0.244. The van der Waals surface area contributed by atoms with Crippen LogP contribution in [-0.4, -0.2) is 27.1 Å². The molecule has 0 unspecified atom stereocenters. The molecular weight excluding hydrogens is 328 g/mol. The second-order valence-electron chi connectivity index (χ2n) is 6.38. The Bertz CT molecular complexity index is 950. The molecule has 0 bridgehead atoms. The number of carbonyl (C=O) groups is 1. The van der Waals surface area contributed by atoms with Crippen molar-refractivity contribution in [3.8, 4) is 5.75 Å². The number of pyridine rings is 1. The Kier molecular flexibility index (Phi) is 4.16. The summed E-state index contributed by atoms with van der Waals surface area (Å²) in [4.78, 5) is 23.7. The Morgan fingerprint density at radius 2 is 1.88 bits per heavy atom. The lowest BCUT2D eigenvalue weighted by atomic mass is 10.2. The summed E-state index contributed by atoms with van der Waals surface area (Å²) in [5.41, 5.74) is 2.79. The van der Waals surface area contributed by atoms with Gasteiger partial charge in [-0.15, -0.1) is 0 Å². The van der Waals surface area contributed by atoms with Crippen LogP contribution in [0.5, 0.6) is 5.75 Å². The van der Waals surface area contributed by atoms with Gasteiger partial charge in [-0.2, -0.15) is 0 Å². The summed E-state index contributed by atoms with van der Waals surface area (Å²) in [5, 5.41) is 0. The Morgan fingerprint density at radius 3 is 2.65 bits per heavy atom. The summed E-state index contributed by atoms with van der Waals surface area (Å²) in [6, 6.07) is 13.3. The number of aromatic nitrogens is 3. The molecule has 3 heterocycles. The molecule has 1 aliphatic rings. The zero-order valence-corrected chi connectivity index (χ0v) is 14.8. The first-order chi connectivity index (χ1) is 12.6. The number of carbonyl (C=O) groups excluding carboxylic acids is 1. The van der Waals surface area contributed by atoms with Crippen LogP contribution < -0.4 is 9.64 Å². The molecule has 26 heavy (non-hydrogen) atoms. The van der Waals surface area contributed by atoms with Gasteiger partial charge >= 0.3 is 6.03 Å². The van der Waals surface area contributed by atoms with Crippen molar-refractivity contribution in [2.75, 3.05) is 11.4 Å². The van der Waals surface area contributed by atoms with Crippen LogP contribution in [0.4, 0.5) is 10.6 Å². The molecule has 0 N–H and O–H groups in total. The van der Waals surface area contributed by atoms with Crippen molar-refractivity contribution in [3.63, 3.8) is 0 Å². The van der Waals surface area contributed by atoms with Gasteiger partial charge in [-0.1, -0.05) is 24.3 Å². The number of amides is 1. The molecule has 0 atom stereocenters. The molecule has 0 saturated heterocycles. The summed E-state index contributed by atoms with van der Waals surface area (Å²) < 4.78 is 7.33. The number of ether oxygens (including phenoxy) is 1. The molecule has 2 aromatic heterocycles. The standard InChI is InChI=1S/C20H20N4O2/c1-14-8-9-18(21-15(14)2)23-11-10-19-22-16(12-24(19)20(23)25)13-26-17-6-4-3-5-7-17/h3-9,12H,10-11,13H2,1-2H3. The van der Waals surface area contributed by atoms with Crippen molar-refractivity contribution in [3.05, 3.63) is 71.4 Å². The van der Waals surface area contributed by atoms with E-state index in [4.69, 9.17) is 4.74 Å². The highest BCUT2D eigenvalue weighted by Gasteiger charge is 2.27. The van der Waals surface area contributed by atoms with Crippen LogP contribution in [0.25, 0.3) is 0 Å². The van der Waals surface area contributed by atoms with Crippen molar-refractivity contribution in [1.29, 1.82) is 0 Å². The van der Waals surface area contributed by atoms with Crippen molar-refractivity contribution in [2.45, 2.75) is 26.9 Å². The van der Waals surface area contributed by atoms with E-state index in [0.29, 0.717) is 25.4 Å². The van der Waals surface area contributed by atoms with Gasteiger partial charge in [-0.25, -0.2) is 14.8 Å². The highest BCUT2D eigenvalue weighted by molar-refractivity contribution is 5.94. The number of hydrogen-bond acceptors (Lipinski definition) is 4. The molecule has 0 radical (unpaired) electrons. The predicted octanol–water partition coefficient (Wildman–Crippen LogP) is 3.50. The minimum absolute atomic E-state index is 0.125. The van der Waals surface area contributed by atoms with E-state index < -0.39 is 0 Å². The maximum Gasteiger partial charge on any atom is 0.335 e. The summed E-state index contributed by atoms with van der Waals surface area (Å²) in [7, 11) is 0. The number of benzene rings is 1. The van der Waals surface area contributed by atoms with Crippen LogP contribution in [0.15, 0.2) is 48.7 Å². The van der Waals surface area contributed by atoms with Gasteiger partial charge in [-0.3, -0.25) is 9.47 Å². The van der Waals surface area contributed by atoms with E-state index in [1.165, 1.54) is 0 Å². The van der Waals surface area contributed by atoms with Gasteiger partial charge in [0.15, 0.2) is 0 Å². The SMILES string of the molecule is Cc1ccc(N2CCc3nc(COc4ccccc4)cn3C2=O)nc1C. The zero-order chi connectivity index (χ0) is 18.1. The lowest BCUT2D eigenvalue weighted by Gasteiger charge is -2.26. The molecule has 3 aromatic rings. The maximum atomic E-state index is 12.9. The van der Waals surface area contributed by atoms with Gasteiger partial charge in [0.05, 0.1) is 5.69 Å². The third kappa shape index (κ3) is 3.06. The molecule has 6 heteroatoms. The highest BCUT2D eigenvalue weighted by atomic mass is 16.5. The summed E-state index contributed by atoms with van der Waals surface area (Å²) in [6.07, 6.45) is 2.44. The van der Waals surface area contributed by atoms with Crippen molar-refractivity contribution in [2.24, 2.45) is 0 Å². The molecule has 0 saturated carbocycles. The smallest absolute Gasteiger partial charge is 0.335 e. The van der Waals surface area contributed by atoms with Crippen LogP contribution >= 0.6 is 0 Å². The molecule has 132 valence electrons. The second-order valence-corrected chi connectivity index (χ2v) is 6.38. The number of fused-ring (bicyclic) bond motifs is 1. The van der Waals surface area contributed by atoms with E-state index in [9.17, 15) is 4.79 Å². The van der Waals surface area contributed by atoms with E-state index in [1.807, 2.05) is 56.3 Å². The molecule has 6 nitrogen and oxygen atoms in total. The van der Waals surface area contributed by atoms with Crippen LogP contribution in [-0.2, 0) is 13.0 Å². The Hall–Kier alpha value is -3.15. The number of nitrogens with zero attached hydrogens (tertiary/aromatic N) is 4. The van der Waals surface area contributed by atoms with E-state index in [1.54, 1.807) is 15.7 Å². The number of rotatable bonds is 4. The van der Waals surface area contributed by atoms with Crippen molar-refractivity contribution >= 4 is 11.8 Å². The van der Waals surface area contributed by atoms with Gasteiger partial charge in [0, 0.05) is 24.9 Å². The normalized spacial score (nSPS) is 13.6. The van der Waals surface area contributed by atoms with E-state index >= 15 is 0 Å². The van der Waals surface area contributed by atoms with Crippen LogP contribution in [0.3, 0.4) is 0 Å². The van der Waals surface area contributed by atoms with Crippen molar-refractivity contribution in [1.82, 2.24) is 14.5 Å². The predicted molar refractivity (Wildman–Crippen MR) is 98.6 cm³/mol. The third-order valence-corrected chi connectivity index (χ3v) is 4.57. The lowest BCUT2D eigenvalue weighted by Crippen LogP contribution is -2.42. The molecular formula is C20H20N4O2. The van der Waals surface area contributed by atoms with E-state index in [2.05, 4.69) is 9.97 Å². The molecule has 1 aliphatic heterocycles. The first-order valence-corrected chi connectivity index (χ1v) is 8.63. The number of para-hydroxylation sites is 1. The Balaban J connectivity index is 1.53. The topological polar surface area (TPSA) is 60.2 Å². The fraction of sp³-hybridized carbons (Fsp3) is 0.250. The molecule has 0 aliphatic carbocycles. The summed E-state index contributed by atoms with van der Waals surface area (Å²) in [6.45, 7) is 4.87. The summed E-state index contributed by atoms with van der Waals surface area (Å²) >= 11 is 0. The Labute approximate surface area is 152 Å². The maximum absolute atomic E-state index is 12.9. The van der Waals surface area contributed by atoms with Crippen LogP contribution in [0.1, 0.15) is 22.8 Å². The van der Waals surface area contributed by atoms with Gasteiger partial charge in [0.2, 0.25) is 0 Å². The summed E-state index contributed by atoms with van der Waals surface area (Å²) in [5.74, 6) is 2.23. The monoisotopic (exact) mass is 348 g/mol. The largest absolute Gasteiger partial charge is 0.487 e. The zero-order valence-electron chi connectivity index (χ0n) is 14.8. The van der Waals surface area contributed by atoms with Gasteiger partial charge in [-0.05, 0) is 37.6 Å². The van der Waals surface area contributed by atoms with Gasteiger partial charge in [0.1, 0.15) is 24.0 Å². The van der Waals surface area contributed by atoms with Gasteiger partial charge in [0.25, 0.3) is 0 Å². The average molecular weight is 348 g/mol. The fourth-order valence-electron chi connectivity index (χ4n) is 2.98. The number of anilines is 1. The molecule has 1 aromatic carbocycles. The van der Waals surface area contributed by atoms with Crippen LogP contribution in [0.2, 0.25) is 0 Å². The van der Waals surface area contributed by atoms with E-state index in [0.717, 1.165) is 28.5 Å². The first kappa shape index (κ1) is 16.3. The molecule has 0 fully saturated rings. The molecule has 0 spiro atoms. The van der Waals surface area contributed by atoms with Crippen LogP contribution in [0, 0.1) is 13.8 Å². The molecule has 1 amide bonds. The average Bonchev–Trinajstić information content (AvgIpc) is 3.08. The number of imidazole rings is 1. The minimum atomic E-state index is -0.125. The Morgan fingerprint density at radius 1 is 1.08 bits per heavy atom. The number of aryl methyl sites for hydroxylation is 2. The quantitative estimate of drug-likeness (QED) is 0.724. The fourth-order valence-corrected chi connectivity index (χ4v) is 2.98. The van der Waals surface area contributed by atoms with Gasteiger partial charge < -0.3 is 4.74 Å². The van der Waals surface area contributed by atoms with E-state index in [-0.39, 0.29) is 6.03 Å². The highest BCUT2D eigenvalue weighted by Crippen LogP contribution is 2.21. The first-order valence-electron chi connectivity index (χ1n) is 8.63. The minimum Gasteiger partial charge on any atom is -0.487 e. The second kappa shape index (κ2) is 6.63. The number of hydrogen-bond donors (Lipinski definition) is 0. The van der Waals surface area contributed by atoms with Crippen molar-refractivity contribution < 1.29 is 9.53 Å².